The minimum Gasteiger partial charge on any atom is -0.364 e. The Hall–Kier alpha value is -2.88. The van der Waals surface area contributed by atoms with Crippen molar-refractivity contribution < 1.29 is 36.3 Å². The number of carbonyl (C=O) groups is 3. The van der Waals surface area contributed by atoms with E-state index in [-0.39, 0.29) is 43.7 Å². The van der Waals surface area contributed by atoms with Crippen LogP contribution in [0.15, 0.2) is 30.3 Å². The summed E-state index contributed by atoms with van der Waals surface area (Å²) < 4.78 is 58.9. The van der Waals surface area contributed by atoms with E-state index >= 15 is 0 Å². The van der Waals surface area contributed by atoms with Crippen molar-refractivity contribution in [3.8, 4) is 0 Å². The Kier molecular flexibility index (Phi) is 15.0. The number of nitrogens with one attached hydrogen (secondary N) is 4. The molecular formula is C37H62F2N6O6S. The fourth-order valence-electron chi connectivity index (χ4n) is 6.54. The number of carbonyl (C=O) groups excluding carboxylic acids is 3. The minimum atomic E-state index is -3.46. The molecule has 0 aromatic heterocycles. The number of hydrogen-bond donors (Lipinski definition) is 4. The van der Waals surface area contributed by atoms with Crippen LogP contribution in [0.3, 0.4) is 0 Å². The molecule has 0 bridgehead atoms. The molecule has 0 unspecified atom stereocenters. The predicted octanol–water partition coefficient (Wildman–Crippen LogP) is 4.14. The third-order valence-electron chi connectivity index (χ3n) is 10.3. The minimum absolute atomic E-state index is 0.0491. The van der Waals surface area contributed by atoms with E-state index in [0.29, 0.717) is 19.4 Å². The molecule has 4 amide bonds. The summed E-state index contributed by atoms with van der Waals surface area (Å²) >= 11 is 0. The molecule has 0 spiro atoms. The molecule has 7 atom stereocenters. The Morgan fingerprint density at radius 2 is 1.58 bits per heavy atom. The average molecular weight is 757 g/mol. The first kappa shape index (κ1) is 43.5. The maximum atomic E-state index is 13.8. The summed E-state index contributed by atoms with van der Waals surface area (Å²) in [6.07, 6.45) is -1.07. The molecule has 1 aromatic carbocycles. The number of nitrogens with zero attached hydrogens (tertiary/aromatic N) is 2. The van der Waals surface area contributed by atoms with Crippen molar-refractivity contribution in [2.75, 3.05) is 39.7 Å². The summed E-state index contributed by atoms with van der Waals surface area (Å²) in [6.45, 7) is 16.4. The normalized spacial score (nSPS) is 23.0. The van der Waals surface area contributed by atoms with Gasteiger partial charge in [0.2, 0.25) is 28.3 Å². The lowest BCUT2D eigenvalue weighted by atomic mass is 9.86. The van der Waals surface area contributed by atoms with Crippen molar-refractivity contribution >= 4 is 27.9 Å². The first-order chi connectivity index (χ1) is 24.0. The molecule has 0 radical (unpaired) electrons. The zero-order chi connectivity index (χ0) is 39.2. The summed E-state index contributed by atoms with van der Waals surface area (Å²) in [4.78, 5) is 42.2. The van der Waals surface area contributed by atoms with E-state index in [2.05, 4.69) is 21.3 Å². The number of benzene rings is 1. The van der Waals surface area contributed by atoms with Crippen molar-refractivity contribution in [1.82, 2.24) is 30.5 Å². The predicted molar refractivity (Wildman–Crippen MR) is 198 cm³/mol. The standard InChI is InChI=1S/C37H62F2N6O6S/c1-23(2)25-16-17-45(22-51-21-30(37(6,7)8)43-35(48)42-29(36(3,4)5)20-44(9)52(10,49)50)32(25)34(47)41-28(19-31(38)39)33(46)40-27-18-26(27)24-14-12-11-13-15-24/h11-15,23,25-32H,16-22H2,1-10H3,(H,40,46)(H,41,47)(H2,42,43,48)/t25-,26-,27-,28+,29-,30-,32+/m1/s1. The molecule has 3 rings (SSSR count). The second-order valence-corrected chi connectivity index (χ2v) is 19.1. The fraction of sp³-hybridized carbons (Fsp3) is 0.757. The van der Waals surface area contributed by atoms with E-state index in [9.17, 15) is 31.6 Å². The highest BCUT2D eigenvalue weighted by atomic mass is 32.2. The van der Waals surface area contributed by atoms with Crippen LogP contribution in [0.5, 0.6) is 0 Å². The first-order valence-corrected chi connectivity index (χ1v) is 20.1. The smallest absolute Gasteiger partial charge is 0.315 e. The molecule has 2 aliphatic rings. The van der Waals surface area contributed by atoms with Crippen LogP contribution in [-0.4, -0.2) is 112 Å². The van der Waals surface area contributed by atoms with Crippen molar-refractivity contribution in [2.45, 2.75) is 117 Å². The molecule has 1 heterocycles. The van der Waals surface area contributed by atoms with Crippen molar-refractivity contribution in [2.24, 2.45) is 22.7 Å². The van der Waals surface area contributed by atoms with Crippen molar-refractivity contribution in [3.63, 3.8) is 0 Å². The second-order valence-electron chi connectivity index (χ2n) is 17.0. The van der Waals surface area contributed by atoms with Crippen LogP contribution in [0.4, 0.5) is 13.6 Å². The van der Waals surface area contributed by atoms with Gasteiger partial charge in [0.1, 0.15) is 6.04 Å². The first-order valence-electron chi connectivity index (χ1n) is 18.2. The zero-order valence-corrected chi connectivity index (χ0v) is 33.4. The molecule has 15 heteroatoms. The van der Waals surface area contributed by atoms with E-state index in [1.165, 1.54) is 11.4 Å². The Bertz CT molecular complexity index is 1450. The molecule has 2 fully saturated rings. The molecule has 4 N–H and O–H groups in total. The molecule has 1 saturated heterocycles. The van der Waals surface area contributed by atoms with Gasteiger partial charge in [-0.05, 0) is 41.1 Å². The van der Waals surface area contributed by atoms with E-state index in [4.69, 9.17) is 4.74 Å². The van der Waals surface area contributed by atoms with Crippen LogP contribution < -0.4 is 21.3 Å². The van der Waals surface area contributed by atoms with Gasteiger partial charge in [-0.25, -0.2) is 26.3 Å². The van der Waals surface area contributed by atoms with E-state index in [0.717, 1.165) is 11.8 Å². The van der Waals surface area contributed by atoms with Gasteiger partial charge in [0.25, 0.3) is 0 Å². The number of sulfonamides is 1. The maximum absolute atomic E-state index is 13.8. The maximum Gasteiger partial charge on any atom is 0.315 e. The lowest BCUT2D eigenvalue weighted by molar-refractivity contribution is -0.135. The van der Waals surface area contributed by atoms with Gasteiger partial charge in [-0.3, -0.25) is 14.5 Å². The molecule has 52 heavy (non-hydrogen) atoms. The van der Waals surface area contributed by atoms with Crippen LogP contribution in [0.1, 0.15) is 86.1 Å². The Labute approximate surface area is 309 Å². The average Bonchev–Trinajstić information content (AvgIpc) is 3.64. The third kappa shape index (κ3) is 12.9. The van der Waals surface area contributed by atoms with Crippen molar-refractivity contribution in [3.05, 3.63) is 35.9 Å². The highest BCUT2D eigenvalue weighted by molar-refractivity contribution is 7.88. The zero-order valence-electron chi connectivity index (χ0n) is 32.5. The Morgan fingerprint density at radius 3 is 2.12 bits per heavy atom. The van der Waals surface area contributed by atoms with Gasteiger partial charge in [0.05, 0.1) is 31.7 Å². The molecule has 12 nitrogen and oxygen atoms in total. The number of likely N-dealkylation sites (tertiary alicyclic amines) is 1. The van der Waals surface area contributed by atoms with E-state index < -0.39 is 75.7 Å². The van der Waals surface area contributed by atoms with Gasteiger partial charge in [0.15, 0.2) is 0 Å². The third-order valence-corrected chi connectivity index (χ3v) is 11.6. The van der Waals surface area contributed by atoms with Gasteiger partial charge < -0.3 is 26.0 Å². The Balaban J connectivity index is 1.65. The molecule has 296 valence electrons. The lowest BCUT2D eigenvalue weighted by Crippen LogP contribution is -2.57. The van der Waals surface area contributed by atoms with Gasteiger partial charge in [-0.2, -0.15) is 0 Å². The van der Waals surface area contributed by atoms with Crippen LogP contribution in [0.25, 0.3) is 0 Å². The Morgan fingerprint density at radius 1 is 0.981 bits per heavy atom. The quantitative estimate of drug-likeness (QED) is 0.187. The summed E-state index contributed by atoms with van der Waals surface area (Å²) in [5.41, 5.74) is 0.191. The van der Waals surface area contributed by atoms with Crippen LogP contribution in [-0.2, 0) is 24.3 Å². The fourth-order valence-corrected chi connectivity index (χ4v) is 6.96. The number of rotatable bonds is 17. The lowest BCUT2D eigenvalue weighted by Gasteiger charge is -2.36. The van der Waals surface area contributed by atoms with Gasteiger partial charge in [-0.1, -0.05) is 85.7 Å². The number of urea groups is 1. The van der Waals surface area contributed by atoms with E-state index in [1.807, 2.05) is 90.6 Å². The largest absolute Gasteiger partial charge is 0.364 e. The number of hydrogen-bond acceptors (Lipinski definition) is 7. The molecule has 1 aromatic rings. The van der Waals surface area contributed by atoms with Crippen molar-refractivity contribution in [1.29, 1.82) is 0 Å². The number of alkyl halides is 2. The topological polar surface area (TPSA) is 149 Å². The molecule has 1 aliphatic carbocycles. The second kappa shape index (κ2) is 18.0. The monoisotopic (exact) mass is 756 g/mol. The summed E-state index contributed by atoms with van der Waals surface area (Å²) in [5.74, 6) is -0.987. The number of ether oxygens (including phenoxy) is 1. The van der Waals surface area contributed by atoms with Gasteiger partial charge in [-0.15, -0.1) is 0 Å². The van der Waals surface area contributed by atoms with Gasteiger partial charge >= 0.3 is 6.03 Å². The summed E-state index contributed by atoms with van der Waals surface area (Å²) in [6, 6.07) is 6.01. The van der Waals surface area contributed by atoms with Crippen LogP contribution in [0, 0.1) is 22.7 Å². The number of likely N-dealkylation sites (N-methyl/N-ethyl adjacent to an activating group) is 1. The van der Waals surface area contributed by atoms with Crippen LogP contribution in [0.2, 0.25) is 0 Å². The summed E-state index contributed by atoms with van der Waals surface area (Å²) in [7, 11) is -1.99. The van der Waals surface area contributed by atoms with E-state index in [1.54, 1.807) is 0 Å². The molecule has 1 aliphatic heterocycles. The number of halogens is 2. The SMILES string of the molecule is CC(C)[C@H]1CCN(COC[C@@H](NC(=O)N[C@H](CN(C)S(C)(=O)=O)C(C)(C)C)C(C)(C)C)[C@@H]1C(=O)N[C@@H](CC(F)F)C(=O)N[C@@H]1C[C@@H]1c1ccccc1. The highest BCUT2D eigenvalue weighted by Gasteiger charge is 2.44. The molecular weight excluding hydrogens is 695 g/mol. The highest BCUT2D eigenvalue weighted by Crippen LogP contribution is 2.40. The number of amides is 4. The summed E-state index contributed by atoms with van der Waals surface area (Å²) in [5, 5.41) is 11.5. The van der Waals surface area contributed by atoms with Crippen LogP contribution >= 0.6 is 0 Å². The molecule has 1 saturated carbocycles. The van der Waals surface area contributed by atoms with Gasteiger partial charge in [0, 0.05) is 44.6 Å².